The first kappa shape index (κ1) is 39.9. The molecule has 0 N–H and O–H groups in total. The van der Waals surface area contributed by atoms with Crippen molar-refractivity contribution in [2.24, 2.45) is 0 Å². The molecule has 7 aromatic carbocycles. The molecule has 0 radical (unpaired) electrons. The molecule has 11 rings (SSSR count). The maximum absolute atomic E-state index is 5.14. The molecule has 0 aliphatic heterocycles. The summed E-state index contributed by atoms with van der Waals surface area (Å²) in [6, 6.07) is 81.7. The molecule has 0 bridgehead atoms. The van der Waals surface area contributed by atoms with Gasteiger partial charge in [-0.2, -0.15) is 0 Å². The van der Waals surface area contributed by atoms with Crippen LogP contribution in [0.1, 0.15) is 0 Å². The van der Waals surface area contributed by atoms with Crippen LogP contribution in [0.4, 0.5) is 0 Å². The van der Waals surface area contributed by atoms with Gasteiger partial charge in [-0.25, -0.2) is 15.0 Å². The van der Waals surface area contributed by atoms with Crippen molar-refractivity contribution in [2.45, 2.75) is 0 Å². The Morgan fingerprint density at radius 3 is 0.864 bits per heavy atom. The molecular weight excluding hydrogens is 803 g/mol. The molecule has 0 saturated carbocycles. The van der Waals surface area contributed by atoms with E-state index in [-0.39, 0.29) is 0 Å². The van der Waals surface area contributed by atoms with Crippen molar-refractivity contribution in [2.75, 3.05) is 0 Å². The molecule has 0 saturated heterocycles. The number of pyridine rings is 3. The van der Waals surface area contributed by atoms with E-state index >= 15 is 0 Å². The van der Waals surface area contributed by atoms with Crippen molar-refractivity contribution in [3.05, 3.63) is 249 Å². The summed E-state index contributed by atoms with van der Waals surface area (Å²) in [6.45, 7) is 0. The first-order valence-electron chi connectivity index (χ1n) is 22.0. The molecule has 0 fully saturated rings. The maximum atomic E-state index is 5.14. The lowest BCUT2D eigenvalue weighted by Gasteiger charge is -2.11. The summed E-state index contributed by atoms with van der Waals surface area (Å²) >= 11 is 0. The number of benzene rings is 7. The van der Waals surface area contributed by atoms with Crippen molar-refractivity contribution < 1.29 is 0 Å². The molecule has 11 aromatic rings. The summed E-state index contributed by atoms with van der Waals surface area (Å²) in [5.74, 6) is 0.692. The SMILES string of the molecule is c1ccc(-c2ccc(-c3cc(-c4ccc(-c5ccccc5)cn4)nc(-c4ccc(-c5ccc(-c6ccc(-c7nc(-c8ccccc8)cc(-c8ccccc8)n7)cc6)cc5)cn4)c3)cc2)cc1. The summed E-state index contributed by atoms with van der Waals surface area (Å²) in [6.07, 6.45) is 3.85. The molecule has 66 heavy (non-hydrogen) atoms. The van der Waals surface area contributed by atoms with Gasteiger partial charge >= 0.3 is 0 Å². The Morgan fingerprint density at radius 2 is 0.485 bits per heavy atom. The maximum Gasteiger partial charge on any atom is 0.160 e. The molecule has 0 unspecified atom stereocenters. The largest absolute Gasteiger partial charge is 0.254 e. The molecule has 4 heterocycles. The van der Waals surface area contributed by atoms with E-state index in [9.17, 15) is 0 Å². The third-order valence-electron chi connectivity index (χ3n) is 11.9. The summed E-state index contributed by atoms with van der Waals surface area (Å²) in [7, 11) is 0. The topological polar surface area (TPSA) is 64.5 Å². The number of rotatable bonds is 10. The van der Waals surface area contributed by atoms with Crippen LogP contribution >= 0.6 is 0 Å². The van der Waals surface area contributed by atoms with Gasteiger partial charge in [0, 0.05) is 40.2 Å². The smallest absolute Gasteiger partial charge is 0.160 e. The predicted octanol–water partition coefficient (Wildman–Crippen LogP) is 15.3. The van der Waals surface area contributed by atoms with E-state index in [2.05, 4.69) is 170 Å². The van der Waals surface area contributed by atoms with Crippen LogP contribution < -0.4 is 0 Å². The average molecular weight is 844 g/mol. The monoisotopic (exact) mass is 843 g/mol. The van der Waals surface area contributed by atoms with Crippen LogP contribution in [0.15, 0.2) is 249 Å². The highest BCUT2D eigenvalue weighted by Crippen LogP contribution is 2.34. The molecule has 5 heteroatoms. The molecule has 0 atom stereocenters. The summed E-state index contributed by atoms with van der Waals surface area (Å²) in [5, 5.41) is 0. The molecule has 0 aliphatic rings. The van der Waals surface area contributed by atoms with Gasteiger partial charge < -0.3 is 0 Å². The Balaban J connectivity index is 0.859. The minimum atomic E-state index is 0.692. The second-order valence-corrected chi connectivity index (χ2v) is 16.1. The number of hydrogen-bond acceptors (Lipinski definition) is 5. The van der Waals surface area contributed by atoms with Gasteiger partial charge in [-0.05, 0) is 74.8 Å². The zero-order valence-corrected chi connectivity index (χ0v) is 35.9. The van der Waals surface area contributed by atoms with E-state index < -0.39 is 0 Å². The first-order chi connectivity index (χ1) is 32.7. The van der Waals surface area contributed by atoms with Gasteiger partial charge in [-0.3, -0.25) is 9.97 Å². The van der Waals surface area contributed by atoms with E-state index in [4.69, 9.17) is 24.9 Å². The van der Waals surface area contributed by atoms with E-state index in [1.807, 2.05) is 79.1 Å². The van der Waals surface area contributed by atoms with Gasteiger partial charge in [0.25, 0.3) is 0 Å². The highest BCUT2D eigenvalue weighted by Gasteiger charge is 2.14. The van der Waals surface area contributed by atoms with Gasteiger partial charge in [0.05, 0.1) is 34.2 Å². The fourth-order valence-electron chi connectivity index (χ4n) is 8.27. The Hall–Kier alpha value is -8.93. The first-order valence-corrected chi connectivity index (χ1v) is 22.0. The summed E-state index contributed by atoms with van der Waals surface area (Å²) < 4.78 is 0. The third-order valence-corrected chi connectivity index (χ3v) is 11.9. The minimum Gasteiger partial charge on any atom is -0.254 e. The second kappa shape index (κ2) is 18.0. The molecule has 0 amide bonds. The lowest BCUT2D eigenvalue weighted by atomic mass is 9.98. The van der Waals surface area contributed by atoms with Gasteiger partial charge in [0.15, 0.2) is 5.82 Å². The number of nitrogens with zero attached hydrogens (tertiary/aromatic N) is 5. The molecule has 4 aromatic heterocycles. The highest BCUT2D eigenvalue weighted by molar-refractivity contribution is 5.79. The predicted molar refractivity (Wildman–Crippen MR) is 270 cm³/mol. The standard InChI is InChI=1S/C61H41N5/c1-5-13-42(14-6-1)44-23-27-48(28-24-44)54-37-59(55-35-33-52(40-62-55)43-15-7-2-8-16-43)64-60(38-54)56-36-34-53(41-63-56)47-25-21-45(22-26-47)46-29-31-51(32-30-46)61-65-57(49-17-9-3-10-18-49)39-58(66-61)50-19-11-4-12-20-50/h1-41H. The Kier molecular flexibility index (Phi) is 10.9. The molecule has 5 nitrogen and oxygen atoms in total. The van der Waals surface area contributed by atoms with E-state index in [1.165, 1.54) is 11.1 Å². The Morgan fingerprint density at radius 1 is 0.182 bits per heavy atom. The van der Waals surface area contributed by atoms with Crippen LogP contribution in [0, 0.1) is 0 Å². The summed E-state index contributed by atoms with van der Waals surface area (Å²) in [5.41, 5.74) is 19.0. The van der Waals surface area contributed by atoms with Crippen molar-refractivity contribution in [1.29, 1.82) is 0 Å². The fourth-order valence-corrected chi connectivity index (χ4v) is 8.27. The lowest BCUT2D eigenvalue weighted by Crippen LogP contribution is -1.96. The van der Waals surface area contributed by atoms with Crippen LogP contribution in [0.2, 0.25) is 0 Å². The lowest BCUT2D eigenvalue weighted by molar-refractivity contribution is 1.18. The molecule has 0 aliphatic carbocycles. The van der Waals surface area contributed by atoms with Crippen molar-refractivity contribution in [1.82, 2.24) is 24.9 Å². The third kappa shape index (κ3) is 8.57. The summed E-state index contributed by atoms with van der Waals surface area (Å²) in [4.78, 5) is 25.0. The molecule has 310 valence electrons. The number of hydrogen-bond donors (Lipinski definition) is 0. The quantitative estimate of drug-likeness (QED) is 0.137. The van der Waals surface area contributed by atoms with E-state index in [0.29, 0.717) is 5.82 Å². The minimum absolute atomic E-state index is 0.692. The zero-order valence-electron chi connectivity index (χ0n) is 35.9. The van der Waals surface area contributed by atoms with Crippen LogP contribution in [0.3, 0.4) is 0 Å². The number of aromatic nitrogens is 5. The van der Waals surface area contributed by atoms with Crippen LogP contribution in [-0.4, -0.2) is 24.9 Å². The van der Waals surface area contributed by atoms with Gasteiger partial charge in [-0.15, -0.1) is 0 Å². The fraction of sp³-hybridized carbons (Fsp3) is 0. The van der Waals surface area contributed by atoms with Crippen molar-refractivity contribution >= 4 is 0 Å². The van der Waals surface area contributed by atoms with Gasteiger partial charge in [0.1, 0.15) is 0 Å². The molecule has 0 spiro atoms. The van der Waals surface area contributed by atoms with E-state index in [1.54, 1.807) is 0 Å². The van der Waals surface area contributed by atoms with E-state index in [0.717, 1.165) is 95.4 Å². The van der Waals surface area contributed by atoms with Gasteiger partial charge in [0.2, 0.25) is 0 Å². The van der Waals surface area contributed by atoms with Crippen LogP contribution in [0.25, 0.3) is 112 Å². The zero-order chi connectivity index (χ0) is 44.1. The average Bonchev–Trinajstić information content (AvgIpc) is 3.42. The normalized spacial score (nSPS) is 11.0. The van der Waals surface area contributed by atoms with Crippen LogP contribution in [-0.2, 0) is 0 Å². The van der Waals surface area contributed by atoms with Gasteiger partial charge in [-0.1, -0.05) is 206 Å². The van der Waals surface area contributed by atoms with Crippen molar-refractivity contribution in [3.63, 3.8) is 0 Å². The second-order valence-electron chi connectivity index (χ2n) is 16.1. The highest BCUT2D eigenvalue weighted by atomic mass is 14.9. The van der Waals surface area contributed by atoms with Crippen molar-refractivity contribution in [3.8, 4) is 112 Å². The Labute approximate surface area is 384 Å². The van der Waals surface area contributed by atoms with Crippen LogP contribution in [0.5, 0.6) is 0 Å². The molecular formula is C61H41N5. The Bertz CT molecular complexity index is 3220.